The van der Waals surface area contributed by atoms with E-state index in [2.05, 4.69) is 4.98 Å². The molecular weight excluding hydrogens is 266 g/mol. The molecule has 0 aromatic carbocycles. The first-order chi connectivity index (χ1) is 8.88. The van der Waals surface area contributed by atoms with Crippen LogP contribution in [0.25, 0.3) is 0 Å². The Morgan fingerprint density at radius 3 is 2.68 bits per heavy atom. The summed E-state index contributed by atoms with van der Waals surface area (Å²) in [5.74, 6) is 0.230. The van der Waals surface area contributed by atoms with Gasteiger partial charge in [0.2, 0.25) is 0 Å². The molecule has 2 atom stereocenters. The Bertz CT molecular complexity index is 505. The third kappa shape index (κ3) is 3.81. The van der Waals surface area contributed by atoms with E-state index in [0.717, 1.165) is 0 Å². The molecule has 2 unspecified atom stereocenters. The van der Waals surface area contributed by atoms with Gasteiger partial charge in [-0.2, -0.15) is 0 Å². The fourth-order valence-electron chi connectivity index (χ4n) is 1.83. The maximum absolute atomic E-state index is 12.1. The van der Waals surface area contributed by atoms with E-state index in [1.165, 1.54) is 6.20 Å². The van der Waals surface area contributed by atoms with Crippen LogP contribution in [0.3, 0.4) is 0 Å². The van der Waals surface area contributed by atoms with E-state index in [1.807, 2.05) is 6.92 Å². The van der Waals surface area contributed by atoms with Gasteiger partial charge < -0.3 is 5.73 Å². The molecule has 0 spiro atoms. The average molecular weight is 285 g/mol. The van der Waals surface area contributed by atoms with Gasteiger partial charge in [0.1, 0.15) is 0 Å². The summed E-state index contributed by atoms with van der Waals surface area (Å²) in [7, 11) is -1.12. The second-order valence-electron chi connectivity index (χ2n) is 4.53. The molecule has 0 saturated heterocycles. The zero-order valence-corrected chi connectivity index (χ0v) is 12.2. The van der Waals surface area contributed by atoms with E-state index < -0.39 is 15.7 Å². The van der Waals surface area contributed by atoms with Crippen LogP contribution < -0.4 is 5.73 Å². The summed E-state index contributed by atoms with van der Waals surface area (Å²) in [6.45, 7) is 5.64. The molecule has 0 aliphatic rings. The molecule has 0 radical (unpaired) electrons. The Labute approximate surface area is 115 Å². The smallest absolute Gasteiger partial charge is 0.278 e. The standard InChI is InChI=1S/C12H19N3O3S/c1-8-6-14-11(10(3)12(8)15(16)17)7-19(18)9(2)4-5-13/h6,9H,4-5,7,13H2,1-3H3. The van der Waals surface area contributed by atoms with Gasteiger partial charge in [0, 0.05) is 33.4 Å². The fourth-order valence-corrected chi connectivity index (χ4v) is 3.08. The number of hydrogen-bond donors (Lipinski definition) is 1. The normalized spacial score (nSPS) is 14.1. The highest BCUT2D eigenvalue weighted by Crippen LogP contribution is 2.25. The van der Waals surface area contributed by atoms with Crippen molar-refractivity contribution in [1.82, 2.24) is 4.98 Å². The molecule has 0 aliphatic heterocycles. The number of rotatable bonds is 6. The molecule has 1 heterocycles. The fraction of sp³-hybridized carbons (Fsp3) is 0.583. The highest BCUT2D eigenvalue weighted by molar-refractivity contribution is 7.84. The van der Waals surface area contributed by atoms with E-state index in [-0.39, 0.29) is 16.7 Å². The molecule has 0 aliphatic carbocycles. The number of aryl methyl sites for hydroxylation is 1. The number of nitrogens with zero attached hydrogens (tertiary/aromatic N) is 2. The molecule has 1 rings (SSSR count). The van der Waals surface area contributed by atoms with Crippen LogP contribution >= 0.6 is 0 Å². The number of nitro groups is 1. The van der Waals surface area contributed by atoms with Gasteiger partial charge in [-0.3, -0.25) is 19.3 Å². The lowest BCUT2D eigenvalue weighted by atomic mass is 10.1. The SMILES string of the molecule is Cc1cnc(CS(=O)C(C)CCN)c(C)c1[N+](=O)[O-]. The van der Waals surface area contributed by atoms with Gasteiger partial charge in [-0.15, -0.1) is 0 Å². The van der Waals surface area contributed by atoms with Gasteiger partial charge in [-0.05, 0) is 26.8 Å². The largest absolute Gasteiger partial charge is 0.330 e. The van der Waals surface area contributed by atoms with Crippen molar-refractivity contribution in [2.24, 2.45) is 5.73 Å². The molecule has 2 N–H and O–H groups in total. The highest BCUT2D eigenvalue weighted by Gasteiger charge is 2.21. The predicted molar refractivity (Wildman–Crippen MR) is 75.3 cm³/mol. The molecule has 19 heavy (non-hydrogen) atoms. The monoisotopic (exact) mass is 285 g/mol. The van der Waals surface area contributed by atoms with Crippen LogP contribution in [0, 0.1) is 24.0 Å². The minimum Gasteiger partial charge on any atom is -0.330 e. The molecule has 0 amide bonds. The second-order valence-corrected chi connectivity index (χ2v) is 6.39. The van der Waals surface area contributed by atoms with Crippen LogP contribution in [0.4, 0.5) is 5.69 Å². The van der Waals surface area contributed by atoms with Gasteiger partial charge in [-0.1, -0.05) is 6.92 Å². The van der Waals surface area contributed by atoms with Crippen molar-refractivity contribution in [2.75, 3.05) is 6.54 Å². The van der Waals surface area contributed by atoms with E-state index in [9.17, 15) is 14.3 Å². The van der Waals surface area contributed by atoms with Crippen molar-refractivity contribution < 1.29 is 9.13 Å². The first-order valence-electron chi connectivity index (χ1n) is 6.05. The van der Waals surface area contributed by atoms with E-state index in [4.69, 9.17) is 5.73 Å². The van der Waals surface area contributed by atoms with E-state index in [0.29, 0.717) is 29.8 Å². The minimum absolute atomic E-state index is 0.0356. The maximum Gasteiger partial charge on any atom is 0.278 e. The van der Waals surface area contributed by atoms with Gasteiger partial charge in [0.15, 0.2) is 0 Å². The van der Waals surface area contributed by atoms with Crippen molar-refractivity contribution in [3.63, 3.8) is 0 Å². The van der Waals surface area contributed by atoms with Gasteiger partial charge in [0.05, 0.1) is 16.4 Å². The quantitative estimate of drug-likeness (QED) is 0.632. The van der Waals surface area contributed by atoms with Crippen LogP contribution in [0.1, 0.15) is 30.2 Å². The first-order valence-corrected chi connectivity index (χ1v) is 7.43. The summed E-state index contributed by atoms with van der Waals surface area (Å²) in [4.78, 5) is 14.8. The molecule has 6 nitrogen and oxygen atoms in total. The van der Waals surface area contributed by atoms with Gasteiger partial charge >= 0.3 is 0 Å². The zero-order valence-electron chi connectivity index (χ0n) is 11.4. The van der Waals surface area contributed by atoms with Crippen molar-refractivity contribution in [1.29, 1.82) is 0 Å². The van der Waals surface area contributed by atoms with Crippen LogP contribution in [-0.2, 0) is 16.6 Å². The molecule has 106 valence electrons. The molecule has 0 saturated carbocycles. The van der Waals surface area contributed by atoms with Crippen molar-refractivity contribution in [2.45, 2.75) is 38.2 Å². The number of pyridine rings is 1. The molecule has 1 aromatic rings. The minimum atomic E-state index is -1.12. The first kappa shape index (κ1) is 15.7. The van der Waals surface area contributed by atoms with Gasteiger partial charge in [-0.25, -0.2) is 0 Å². The van der Waals surface area contributed by atoms with E-state index in [1.54, 1.807) is 13.8 Å². The summed E-state index contributed by atoms with van der Waals surface area (Å²) in [6.07, 6.45) is 2.13. The lowest BCUT2D eigenvalue weighted by molar-refractivity contribution is -0.386. The number of hydrogen-bond acceptors (Lipinski definition) is 5. The zero-order chi connectivity index (χ0) is 14.6. The van der Waals surface area contributed by atoms with Crippen LogP contribution in [0.15, 0.2) is 6.20 Å². The van der Waals surface area contributed by atoms with Crippen molar-refractivity contribution in [3.8, 4) is 0 Å². The van der Waals surface area contributed by atoms with Crippen LogP contribution in [0.5, 0.6) is 0 Å². The summed E-state index contributed by atoms with van der Waals surface area (Å²) in [5.41, 5.74) is 7.04. The Kier molecular flexibility index (Phi) is 5.56. The topological polar surface area (TPSA) is 99.1 Å². The second kappa shape index (κ2) is 6.72. The van der Waals surface area contributed by atoms with E-state index >= 15 is 0 Å². The van der Waals surface area contributed by atoms with Gasteiger partial charge in [0.25, 0.3) is 5.69 Å². The molecule has 0 bridgehead atoms. The molecular formula is C12H19N3O3S. The lowest BCUT2D eigenvalue weighted by Crippen LogP contribution is -2.18. The Balaban J connectivity index is 3.00. The maximum atomic E-state index is 12.1. The third-order valence-corrected chi connectivity index (χ3v) is 4.75. The van der Waals surface area contributed by atoms with Crippen molar-refractivity contribution >= 4 is 16.5 Å². The number of nitrogens with two attached hydrogens (primary N) is 1. The van der Waals surface area contributed by atoms with Crippen LogP contribution in [-0.4, -0.2) is 25.9 Å². The predicted octanol–water partition coefficient (Wildman–Crippen LogP) is 1.59. The summed E-state index contributed by atoms with van der Waals surface area (Å²) in [5, 5.41) is 11.0. The summed E-state index contributed by atoms with van der Waals surface area (Å²) < 4.78 is 12.1. The Morgan fingerprint density at radius 1 is 1.53 bits per heavy atom. The molecule has 0 fully saturated rings. The highest BCUT2D eigenvalue weighted by atomic mass is 32.2. The number of aromatic nitrogens is 1. The molecule has 7 heteroatoms. The van der Waals surface area contributed by atoms with Crippen LogP contribution in [0.2, 0.25) is 0 Å². The molecule has 1 aromatic heterocycles. The Hall–Kier alpha value is -1.34. The lowest BCUT2D eigenvalue weighted by Gasteiger charge is -2.11. The third-order valence-electron chi connectivity index (χ3n) is 3.06. The Morgan fingerprint density at radius 2 is 2.16 bits per heavy atom. The summed E-state index contributed by atoms with van der Waals surface area (Å²) >= 11 is 0. The van der Waals surface area contributed by atoms with Crippen molar-refractivity contribution in [3.05, 3.63) is 33.1 Å². The average Bonchev–Trinajstić information content (AvgIpc) is 2.32. The summed E-state index contributed by atoms with van der Waals surface area (Å²) in [6, 6.07) is 0.